The van der Waals surface area contributed by atoms with Crippen molar-refractivity contribution in [2.45, 2.75) is 47.3 Å². The van der Waals surface area contributed by atoms with E-state index >= 15 is 0 Å². The van der Waals surface area contributed by atoms with Crippen LogP contribution in [-0.2, 0) is 11.5 Å². The number of aryl methyl sites for hydroxylation is 3. The fourth-order valence-electron chi connectivity index (χ4n) is 3.75. The molecule has 1 aliphatic heterocycles. The first kappa shape index (κ1) is 15.8. The van der Waals surface area contributed by atoms with Crippen molar-refractivity contribution in [3.8, 4) is 11.1 Å². The number of hydrogen-bond donors (Lipinski definition) is 0. The third-order valence-electron chi connectivity index (χ3n) is 4.97. The molecule has 2 aromatic heterocycles. The predicted molar refractivity (Wildman–Crippen MR) is 94.5 cm³/mol. The van der Waals surface area contributed by atoms with Crippen LogP contribution >= 0.6 is 0 Å². The molecule has 1 aliphatic rings. The lowest BCUT2D eigenvalue weighted by Crippen LogP contribution is -2.37. The number of aromatic nitrogens is 3. The fourth-order valence-corrected chi connectivity index (χ4v) is 3.75. The maximum absolute atomic E-state index is 12.2. The minimum atomic E-state index is -0.268. The second kappa shape index (κ2) is 5.41. The second-order valence-electron chi connectivity index (χ2n) is 7.06. The smallest absolute Gasteiger partial charge is 0.381 e. The van der Waals surface area contributed by atoms with Gasteiger partial charge in [-0.3, -0.25) is 0 Å². The van der Waals surface area contributed by atoms with Crippen LogP contribution in [0.4, 0.5) is 0 Å². The summed E-state index contributed by atoms with van der Waals surface area (Å²) in [5, 5.41) is 4.82. The van der Waals surface area contributed by atoms with E-state index in [0.29, 0.717) is 5.69 Å². The maximum atomic E-state index is 12.2. The van der Waals surface area contributed by atoms with Crippen LogP contribution in [-0.4, -0.2) is 15.6 Å². The summed E-state index contributed by atoms with van der Waals surface area (Å²) in [5.74, 6) is -0.0253. The van der Waals surface area contributed by atoms with E-state index in [1.807, 2.05) is 22.1 Å². The van der Waals surface area contributed by atoms with Crippen LogP contribution in [0.2, 0.25) is 0 Å². The number of benzene rings is 1. The Morgan fingerprint density at radius 2 is 1.84 bits per heavy atom. The first-order valence-electron chi connectivity index (χ1n) is 8.60. The van der Waals surface area contributed by atoms with Gasteiger partial charge in [0.2, 0.25) is 12.4 Å². The Hall–Kier alpha value is -2.69. The molecule has 0 aliphatic carbocycles. The van der Waals surface area contributed by atoms with E-state index in [0.717, 1.165) is 22.6 Å². The van der Waals surface area contributed by atoms with Crippen molar-refractivity contribution in [3.05, 3.63) is 52.5 Å². The van der Waals surface area contributed by atoms with Gasteiger partial charge in [0, 0.05) is 12.0 Å². The van der Waals surface area contributed by atoms with Crippen LogP contribution in [0.3, 0.4) is 0 Å². The molecule has 0 fully saturated rings. The number of rotatable bonds is 2. The number of carbonyl (C=O) groups excluding carboxylic acids is 1. The molecule has 5 nitrogen and oxygen atoms in total. The highest BCUT2D eigenvalue weighted by Gasteiger charge is 2.36. The van der Waals surface area contributed by atoms with Crippen LogP contribution in [0.1, 0.15) is 52.8 Å². The van der Waals surface area contributed by atoms with E-state index in [-0.39, 0.29) is 18.6 Å². The van der Waals surface area contributed by atoms with Crippen molar-refractivity contribution in [2.75, 3.05) is 0 Å². The molecule has 25 heavy (non-hydrogen) atoms. The summed E-state index contributed by atoms with van der Waals surface area (Å²) in [4.78, 5) is 12.2. The van der Waals surface area contributed by atoms with Crippen LogP contribution < -0.4 is 4.57 Å². The number of nitrogens with zero attached hydrogens (tertiary/aromatic N) is 3. The Kier molecular flexibility index (Phi) is 3.42. The topological polar surface area (TPSA) is 47.5 Å². The van der Waals surface area contributed by atoms with Gasteiger partial charge in [-0.1, -0.05) is 37.1 Å². The third-order valence-corrected chi connectivity index (χ3v) is 4.97. The Labute approximate surface area is 146 Å². The quantitative estimate of drug-likeness (QED) is 0.532. The zero-order valence-corrected chi connectivity index (χ0v) is 15.3. The summed E-state index contributed by atoms with van der Waals surface area (Å²) in [6, 6.07) is 8.21. The highest BCUT2D eigenvalue weighted by Crippen LogP contribution is 2.34. The fraction of sp³-hybridized carbons (Fsp3) is 0.350. The van der Waals surface area contributed by atoms with Gasteiger partial charge in [0.05, 0.1) is 11.3 Å². The zero-order chi connectivity index (χ0) is 17.9. The molecule has 0 unspecified atom stereocenters. The SMILES string of the molecule is Cc1cccc(C)c1-c1c(C)nn2c(C(C)C)cc3[n+](c12)COC3=O. The average molecular weight is 336 g/mol. The lowest BCUT2D eigenvalue weighted by atomic mass is 9.95. The van der Waals surface area contributed by atoms with Crippen molar-refractivity contribution in [1.82, 2.24) is 9.61 Å². The zero-order valence-electron chi connectivity index (χ0n) is 15.3. The number of ether oxygens (including phenoxy) is 1. The van der Waals surface area contributed by atoms with Gasteiger partial charge in [0.25, 0.3) is 0 Å². The Balaban J connectivity index is 2.19. The molecule has 0 atom stereocenters. The summed E-state index contributed by atoms with van der Waals surface area (Å²) < 4.78 is 9.23. The normalized spacial score (nSPS) is 13.6. The standard InChI is InChI=1S/C20H22N3O2/c1-11(2)15-9-16-20(24)25-10-22(16)19-18(14(5)21-23(15)19)17-12(3)7-6-8-13(17)4/h6-9,11H,10H2,1-5H3/q+1. The van der Waals surface area contributed by atoms with Crippen LogP contribution in [0, 0.1) is 20.8 Å². The molecule has 0 bridgehead atoms. The number of esters is 1. The average Bonchev–Trinajstić information content (AvgIpc) is 3.07. The third kappa shape index (κ3) is 2.18. The molecule has 3 aromatic rings. The molecule has 0 saturated carbocycles. The molecule has 4 rings (SSSR count). The molecule has 5 heteroatoms. The van der Waals surface area contributed by atoms with Crippen LogP contribution in [0.15, 0.2) is 24.3 Å². The van der Waals surface area contributed by atoms with Crippen molar-refractivity contribution >= 4 is 11.6 Å². The molecule has 1 aromatic carbocycles. The molecule has 0 saturated heterocycles. The number of cyclic esters (lactones) is 1. The van der Waals surface area contributed by atoms with E-state index in [9.17, 15) is 4.79 Å². The lowest BCUT2D eigenvalue weighted by molar-refractivity contribution is -0.692. The van der Waals surface area contributed by atoms with Gasteiger partial charge in [0.15, 0.2) is 0 Å². The Morgan fingerprint density at radius 1 is 1.16 bits per heavy atom. The largest absolute Gasteiger partial charge is 0.418 e. The summed E-state index contributed by atoms with van der Waals surface area (Å²) in [5.41, 5.74) is 8.17. The van der Waals surface area contributed by atoms with Gasteiger partial charge in [-0.05, 0) is 37.5 Å². The molecular formula is C20H22N3O2+. The minimum Gasteiger partial charge on any atom is -0.418 e. The summed E-state index contributed by atoms with van der Waals surface area (Å²) in [7, 11) is 0. The van der Waals surface area contributed by atoms with Crippen molar-refractivity contribution < 1.29 is 14.1 Å². The molecule has 0 radical (unpaired) electrons. The monoisotopic (exact) mass is 336 g/mol. The van der Waals surface area contributed by atoms with Crippen molar-refractivity contribution in [2.24, 2.45) is 0 Å². The van der Waals surface area contributed by atoms with Gasteiger partial charge in [-0.15, -0.1) is 4.52 Å². The Bertz CT molecular complexity index is 1010. The minimum absolute atomic E-state index is 0.235. The molecule has 128 valence electrons. The molecule has 3 heterocycles. The predicted octanol–water partition coefficient (Wildman–Crippen LogP) is 3.47. The van der Waals surface area contributed by atoms with E-state index in [2.05, 4.69) is 45.9 Å². The van der Waals surface area contributed by atoms with E-state index < -0.39 is 0 Å². The van der Waals surface area contributed by atoms with Crippen LogP contribution in [0.5, 0.6) is 0 Å². The van der Waals surface area contributed by atoms with Gasteiger partial charge in [-0.2, -0.15) is 4.57 Å². The number of hydrogen-bond acceptors (Lipinski definition) is 3. The molecule has 0 spiro atoms. The highest BCUT2D eigenvalue weighted by molar-refractivity contribution is 5.88. The van der Waals surface area contributed by atoms with Crippen LogP contribution in [0.25, 0.3) is 16.8 Å². The maximum Gasteiger partial charge on any atom is 0.381 e. The Morgan fingerprint density at radius 3 is 2.48 bits per heavy atom. The second-order valence-corrected chi connectivity index (χ2v) is 7.06. The first-order chi connectivity index (χ1) is 11.9. The molecule has 0 N–H and O–H groups in total. The van der Waals surface area contributed by atoms with Gasteiger partial charge >= 0.3 is 11.6 Å². The highest BCUT2D eigenvalue weighted by atomic mass is 16.6. The molecular weight excluding hydrogens is 314 g/mol. The van der Waals surface area contributed by atoms with Gasteiger partial charge < -0.3 is 4.74 Å². The number of carbonyl (C=O) groups is 1. The van der Waals surface area contributed by atoms with E-state index in [4.69, 9.17) is 9.84 Å². The van der Waals surface area contributed by atoms with Crippen molar-refractivity contribution in [3.63, 3.8) is 0 Å². The van der Waals surface area contributed by atoms with Gasteiger partial charge in [0.1, 0.15) is 5.69 Å². The lowest BCUT2D eigenvalue weighted by Gasteiger charge is -2.09. The number of fused-ring (bicyclic) bond motifs is 3. The summed E-state index contributed by atoms with van der Waals surface area (Å²) >= 11 is 0. The summed E-state index contributed by atoms with van der Waals surface area (Å²) in [6.07, 6.45) is 0. The van der Waals surface area contributed by atoms with E-state index in [1.165, 1.54) is 16.7 Å². The first-order valence-corrected chi connectivity index (χ1v) is 8.60. The van der Waals surface area contributed by atoms with Gasteiger partial charge in [-0.25, -0.2) is 4.79 Å². The van der Waals surface area contributed by atoms with Crippen molar-refractivity contribution in [1.29, 1.82) is 0 Å². The summed E-state index contributed by atoms with van der Waals surface area (Å²) in [6.45, 7) is 10.7. The van der Waals surface area contributed by atoms with E-state index in [1.54, 1.807) is 0 Å². The molecule has 0 amide bonds.